The lowest BCUT2D eigenvalue weighted by molar-refractivity contribution is -0.157. The van der Waals surface area contributed by atoms with Crippen molar-refractivity contribution in [1.82, 2.24) is 4.57 Å². The minimum absolute atomic E-state index is 0.0245. The lowest BCUT2D eigenvalue weighted by Crippen LogP contribution is -2.27. The maximum atomic E-state index is 14.4. The van der Waals surface area contributed by atoms with Gasteiger partial charge >= 0.3 is 24.1 Å². The first kappa shape index (κ1) is 27.9. The highest BCUT2D eigenvalue weighted by atomic mass is 19.4. The monoisotopic (exact) mass is 555 g/mol. The van der Waals surface area contributed by atoms with E-state index in [1.807, 2.05) is 0 Å². The van der Waals surface area contributed by atoms with Gasteiger partial charge in [0.2, 0.25) is 0 Å². The number of carbonyl (C=O) groups excluding carboxylic acids is 1. The van der Waals surface area contributed by atoms with E-state index in [2.05, 4.69) is 4.74 Å². The molecule has 0 radical (unpaired) electrons. The van der Waals surface area contributed by atoms with Gasteiger partial charge in [-0.3, -0.25) is 4.57 Å². The van der Waals surface area contributed by atoms with Gasteiger partial charge in [0.25, 0.3) is 0 Å². The maximum absolute atomic E-state index is 14.4. The molecule has 1 unspecified atom stereocenters. The van der Waals surface area contributed by atoms with E-state index in [0.717, 1.165) is 61.1 Å². The molecule has 206 valence electrons. The van der Waals surface area contributed by atoms with Gasteiger partial charge in [-0.25, -0.2) is 14.0 Å². The fourth-order valence-electron chi connectivity index (χ4n) is 4.63. The van der Waals surface area contributed by atoms with Crippen LogP contribution in [0.1, 0.15) is 45.8 Å². The summed E-state index contributed by atoms with van der Waals surface area (Å²) in [5, 5.41) is 0. The Bertz CT molecular complexity index is 1620. The minimum Gasteiger partial charge on any atom is -0.465 e. The quantitative estimate of drug-likeness (QED) is 0.193. The summed E-state index contributed by atoms with van der Waals surface area (Å²) in [4.78, 5) is 23.4. The Morgan fingerprint density at radius 2 is 1.59 bits per heavy atom. The summed E-state index contributed by atoms with van der Waals surface area (Å²) in [5.41, 5.74) is -2.78. The highest BCUT2D eigenvalue weighted by molar-refractivity contribution is 5.90. The van der Waals surface area contributed by atoms with E-state index < -0.39 is 58.4 Å². The Balaban J connectivity index is 1.83. The number of aromatic nitrogens is 1. The number of methoxy groups -OCH3 is 1. The molecule has 0 aliphatic heterocycles. The third kappa shape index (κ3) is 5.27. The van der Waals surface area contributed by atoms with Crippen LogP contribution in [0, 0.1) is 5.82 Å². The van der Waals surface area contributed by atoms with Crippen molar-refractivity contribution in [3.63, 3.8) is 0 Å². The molecule has 0 spiro atoms. The van der Waals surface area contributed by atoms with Crippen LogP contribution in [0.25, 0.3) is 22.2 Å². The number of aryl methyl sites for hydroxylation is 1. The van der Waals surface area contributed by atoms with Crippen LogP contribution >= 0.6 is 0 Å². The number of halogens is 7. The number of alkyl halides is 6. The molecule has 3 aromatic carbocycles. The first-order valence-electron chi connectivity index (χ1n) is 11.4. The van der Waals surface area contributed by atoms with E-state index in [1.165, 1.54) is 13.1 Å². The molecule has 1 heterocycles. The van der Waals surface area contributed by atoms with Gasteiger partial charge in [0.15, 0.2) is 5.58 Å². The highest BCUT2D eigenvalue weighted by Gasteiger charge is 2.47. The summed E-state index contributed by atoms with van der Waals surface area (Å²) >= 11 is 0. The normalized spacial score (nSPS) is 13.9. The number of nitrogens with zero attached hydrogens (tertiary/aromatic N) is 1. The predicted molar refractivity (Wildman–Crippen MR) is 127 cm³/mol. The van der Waals surface area contributed by atoms with Crippen molar-refractivity contribution >= 4 is 17.1 Å². The Hall–Kier alpha value is -4.09. The van der Waals surface area contributed by atoms with Gasteiger partial charge in [-0.1, -0.05) is 31.2 Å². The molecular formula is C27H20F7NO4. The molecular weight excluding hydrogens is 535 g/mol. The van der Waals surface area contributed by atoms with E-state index in [1.54, 1.807) is 0 Å². The number of oxazole rings is 1. The van der Waals surface area contributed by atoms with Crippen molar-refractivity contribution in [2.75, 3.05) is 7.11 Å². The second-order valence-electron chi connectivity index (χ2n) is 8.95. The molecule has 0 amide bonds. The Labute approximate surface area is 216 Å². The maximum Gasteiger partial charge on any atom is 0.419 e. The topological polar surface area (TPSA) is 61.4 Å². The van der Waals surface area contributed by atoms with Gasteiger partial charge in [-0.15, -0.1) is 0 Å². The third-order valence-electron chi connectivity index (χ3n) is 6.58. The van der Waals surface area contributed by atoms with E-state index >= 15 is 0 Å². The highest BCUT2D eigenvalue weighted by Crippen LogP contribution is 2.48. The minimum atomic E-state index is -5.04. The van der Waals surface area contributed by atoms with E-state index in [0.29, 0.717) is 6.07 Å². The second-order valence-corrected chi connectivity index (χ2v) is 8.95. The number of hydrogen-bond acceptors (Lipinski definition) is 4. The zero-order chi connectivity index (χ0) is 28.9. The van der Waals surface area contributed by atoms with Crippen LogP contribution < -0.4 is 5.76 Å². The Morgan fingerprint density at radius 3 is 2.18 bits per heavy atom. The molecule has 5 nitrogen and oxygen atoms in total. The molecule has 0 aliphatic carbocycles. The number of fused-ring (bicyclic) bond motifs is 1. The van der Waals surface area contributed by atoms with Crippen LogP contribution in [0.15, 0.2) is 63.8 Å². The lowest BCUT2D eigenvalue weighted by atomic mass is 9.79. The van der Waals surface area contributed by atoms with Crippen LogP contribution in [0.2, 0.25) is 0 Å². The smallest absolute Gasteiger partial charge is 0.419 e. The second kappa shape index (κ2) is 9.90. The summed E-state index contributed by atoms with van der Waals surface area (Å²) in [7, 11) is 2.33. The van der Waals surface area contributed by atoms with E-state index in [-0.39, 0.29) is 27.8 Å². The molecule has 0 bridgehead atoms. The molecule has 2 atom stereocenters. The van der Waals surface area contributed by atoms with Crippen LogP contribution in [-0.2, 0) is 18.0 Å². The van der Waals surface area contributed by atoms with Crippen molar-refractivity contribution in [2.45, 2.75) is 31.1 Å². The molecule has 0 saturated carbocycles. The zero-order valence-corrected chi connectivity index (χ0v) is 20.6. The van der Waals surface area contributed by atoms with E-state index in [9.17, 15) is 40.3 Å². The number of esters is 1. The molecule has 1 aromatic heterocycles. The zero-order valence-electron chi connectivity index (χ0n) is 20.6. The average molecular weight is 555 g/mol. The van der Waals surface area contributed by atoms with Crippen molar-refractivity contribution < 1.29 is 44.7 Å². The Morgan fingerprint density at radius 1 is 0.949 bits per heavy atom. The first-order valence-corrected chi connectivity index (χ1v) is 11.4. The van der Waals surface area contributed by atoms with Gasteiger partial charge in [0.1, 0.15) is 5.82 Å². The predicted octanol–water partition coefficient (Wildman–Crippen LogP) is 7.19. The summed E-state index contributed by atoms with van der Waals surface area (Å²) in [6.45, 7) is 1.03. The standard InChI is InChI=1S/C27H20F7NO4/c1-13(23(27(32,33)34)16-6-9-22-21(12-16)35(2)25(37)39-22)17-7-4-14(10-19(17)26(29,30)31)15-5-8-18(20(28)11-15)24(36)38-3/h4-13,23H,1-3H3/t13-,23?/m1/s1. The summed E-state index contributed by atoms with van der Waals surface area (Å²) in [6.07, 6.45) is -10.00. The molecule has 0 N–H and O–H groups in total. The lowest BCUT2D eigenvalue weighted by Gasteiger charge is -2.29. The molecule has 39 heavy (non-hydrogen) atoms. The summed E-state index contributed by atoms with van der Waals surface area (Å²) < 4.78 is 110. The fraction of sp³-hybridized carbons (Fsp3) is 0.259. The van der Waals surface area contributed by atoms with Crippen LogP contribution in [0.3, 0.4) is 0 Å². The first-order chi connectivity index (χ1) is 18.1. The fourth-order valence-corrected chi connectivity index (χ4v) is 4.63. The summed E-state index contributed by atoms with van der Waals surface area (Å²) in [6, 6.07) is 9.12. The molecule has 4 rings (SSSR count). The number of rotatable bonds is 5. The van der Waals surface area contributed by atoms with Gasteiger partial charge in [-0.05, 0) is 58.5 Å². The largest absolute Gasteiger partial charge is 0.465 e. The molecule has 0 aliphatic rings. The number of hydrogen-bond donors (Lipinski definition) is 0. The third-order valence-corrected chi connectivity index (χ3v) is 6.58. The SMILES string of the molecule is COC(=O)c1ccc(-c2ccc([C@@H](C)C(c3ccc4oc(=O)n(C)c4c3)C(F)(F)F)c(C(F)(F)F)c2)cc1F. The number of benzene rings is 3. The Kier molecular flexibility index (Phi) is 7.09. The van der Waals surface area contributed by atoms with Crippen LogP contribution in [0.5, 0.6) is 0 Å². The average Bonchev–Trinajstić information content (AvgIpc) is 3.14. The number of ether oxygens (including phenoxy) is 1. The summed E-state index contributed by atoms with van der Waals surface area (Å²) in [5.74, 6) is -6.89. The van der Waals surface area contributed by atoms with Gasteiger partial charge in [0, 0.05) is 7.05 Å². The van der Waals surface area contributed by atoms with Crippen molar-refractivity contribution in [1.29, 1.82) is 0 Å². The molecule has 0 fully saturated rings. The van der Waals surface area contributed by atoms with E-state index in [4.69, 9.17) is 4.42 Å². The number of carbonyl (C=O) groups is 1. The molecule has 0 saturated heterocycles. The molecule has 12 heteroatoms. The van der Waals surface area contributed by atoms with Gasteiger partial charge in [-0.2, -0.15) is 26.3 Å². The van der Waals surface area contributed by atoms with Gasteiger partial charge < -0.3 is 9.15 Å². The van der Waals surface area contributed by atoms with Gasteiger partial charge in [0.05, 0.1) is 29.7 Å². The molecule has 4 aromatic rings. The van der Waals surface area contributed by atoms with Crippen molar-refractivity contribution in [3.05, 3.63) is 93.2 Å². The van der Waals surface area contributed by atoms with Crippen molar-refractivity contribution in [2.24, 2.45) is 7.05 Å². The van der Waals surface area contributed by atoms with Crippen LogP contribution in [-0.4, -0.2) is 23.8 Å². The van der Waals surface area contributed by atoms with Crippen molar-refractivity contribution in [3.8, 4) is 11.1 Å². The van der Waals surface area contributed by atoms with Crippen LogP contribution in [0.4, 0.5) is 30.7 Å².